The third-order valence-electron chi connectivity index (χ3n) is 11.6. The number of unbranched alkanes of at least 4 members (excludes halogenated alkanes) is 1. The summed E-state index contributed by atoms with van der Waals surface area (Å²) in [6.45, 7) is 1.98. The molecule has 7 amide bonds. The lowest BCUT2D eigenvalue weighted by molar-refractivity contribution is -0.150. The van der Waals surface area contributed by atoms with Gasteiger partial charge in [0.2, 0.25) is 23.6 Å². The third-order valence-corrected chi connectivity index (χ3v) is 11.6. The van der Waals surface area contributed by atoms with Gasteiger partial charge >= 0.3 is 12.0 Å². The molecular formula is C53H58N8O8. The van der Waals surface area contributed by atoms with Crippen molar-refractivity contribution in [2.45, 2.75) is 76.2 Å². The number of anilines is 1. The molecule has 0 aliphatic rings. The number of hydrogen-bond donors (Lipinski definition) is 7. The van der Waals surface area contributed by atoms with E-state index in [2.05, 4.69) is 31.6 Å². The molecule has 16 nitrogen and oxygen atoms in total. The highest BCUT2D eigenvalue weighted by Gasteiger charge is 2.35. The first-order chi connectivity index (χ1) is 33.4. The lowest BCUT2D eigenvalue weighted by Crippen LogP contribution is -2.59. The van der Waals surface area contributed by atoms with Crippen LogP contribution in [-0.2, 0) is 48.2 Å². The van der Waals surface area contributed by atoms with Crippen LogP contribution in [-0.4, -0.2) is 89.2 Å². The number of aromatic nitrogens is 1. The predicted octanol–water partition coefficient (Wildman–Crippen LogP) is 5.47. The van der Waals surface area contributed by atoms with Crippen LogP contribution in [0.15, 0.2) is 146 Å². The van der Waals surface area contributed by atoms with Crippen LogP contribution in [0.3, 0.4) is 0 Å². The Hall–Kier alpha value is -8.27. The highest BCUT2D eigenvalue weighted by Crippen LogP contribution is 2.20. The Bertz CT molecular complexity index is 2700. The number of para-hydroxylation sites is 2. The van der Waals surface area contributed by atoms with Gasteiger partial charge in [0, 0.05) is 54.8 Å². The largest absolute Gasteiger partial charge is 0.461 e. The van der Waals surface area contributed by atoms with Crippen molar-refractivity contribution < 1.29 is 38.3 Å². The maximum absolute atomic E-state index is 14.6. The molecule has 4 atom stereocenters. The molecule has 1 heterocycles. The van der Waals surface area contributed by atoms with Crippen molar-refractivity contribution in [1.82, 2.24) is 31.2 Å². The first-order valence-electron chi connectivity index (χ1n) is 22.8. The van der Waals surface area contributed by atoms with Crippen LogP contribution in [0.5, 0.6) is 0 Å². The van der Waals surface area contributed by atoms with Gasteiger partial charge < -0.3 is 46.9 Å². The van der Waals surface area contributed by atoms with Crippen molar-refractivity contribution in [3.05, 3.63) is 174 Å². The maximum atomic E-state index is 14.6. The van der Waals surface area contributed by atoms with Crippen LogP contribution in [0.2, 0.25) is 0 Å². The fourth-order valence-electron chi connectivity index (χ4n) is 7.76. The Morgan fingerprint density at radius 3 is 1.97 bits per heavy atom. The average molecular weight is 935 g/mol. The van der Waals surface area contributed by atoms with E-state index in [1.54, 1.807) is 97.2 Å². The highest BCUT2D eigenvalue weighted by atomic mass is 16.5. The number of aromatic amines is 1. The second kappa shape index (κ2) is 25.0. The summed E-state index contributed by atoms with van der Waals surface area (Å²) in [6, 6.07) is 35.4. The van der Waals surface area contributed by atoms with Crippen molar-refractivity contribution in [2.24, 2.45) is 5.73 Å². The lowest BCUT2D eigenvalue weighted by atomic mass is 10.0. The number of nitrogens with zero attached hydrogens (tertiary/aromatic N) is 1. The first-order valence-corrected chi connectivity index (χ1v) is 22.8. The number of carbonyl (C=O) groups excluding carboxylic acids is 7. The van der Waals surface area contributed by atoms with E-state index in [0.29, 0.717) is 29.7 Å². The molecule has 0 saturated carbocycles. The Balaban J connectivity index is 1.25. The molecule has 0 saturated heterocycles. The van der Waals surface area contributed by atoms with E-state index < -0.39 is 72.1 Å². The van der Waals surface area contributed by atoms with Gasteiger partial charge in [-0.05, 0) is 72.7 Å². The van der Waals surface area contributed by atoms with Crippen LogP contribution >= 0.6 is 0 Å². The van der Waals surface area contributed by atoms with Gasteiger partial charge in [-0.1, -0.05) is 115 Å². The molecule has 0 radical (unpaired) electrons. The summed E-state index contributed by atoms with van der Waals surface area (Å²) in [5, 5.41) is 14.8. The average Bonchev–Trinajstić information content (AvgIpc) is 3.77. The zero-order valence-electron chi connectivity index (χ0n) is 38.6. The monoisotopic (exact) mass is 934 g/mol. The molecule has 0 aliphatic heterocycles. The second-order valence-electron chi connectivity index (χ2n) is 16.7. The van der Waals surface area contributed by atoms with E-state index >= 15 is 0 Å². The lowest BCUT2D eigenvalue weighted by Gasteiger charge is -2.31. The topological polar surface area (TPSA) is 234 Å². The molecule has 8 N–H and O–H groups in total. The van der Waals surface area contributed by atoms with E-state index in [-0.39, 0.29) is 32.4 Å². The van der Waals surface area contributed by atoms with Crippen LogP contribution < -0.4 is 32.3 Å². The normalized spacial score (nSPS) is 12.6. The number of hydrogen-bond acceptors (Lipinski definition) is 8. The number of fused-ring (bicyclic) bond motifs is 1. The zero-order chi connectivity index (χ0) is 49.1. The van der Waals surface area contributed by atoms with Gasteiger partial charge in [-0.2, -0.15) is 0 Å². The Kier molecular flexibility index (Phi) is 18.2. The molecule has 16 heteroatoms. The summed E-state index contributed by atoms with van der Waals surface area (Å²) >= 11 is 0. The number of H-pyrrole nitrogens is 1. The van der Waals surface area contributed by atoms with Crippen LogP contribution in [0.1, 0.15) is 58.3 Å². The number of benzene rings is 5. The summed E-state index contributed by atoms with van der Waals surface area (Å²) in [4.78, 5) is 101. The smallest absolute Gasteiger partial charge is 0.319 e. The van der Waals surface area contributed by atoms with E-state index in [9.17, 15) is 33.6 Å². The summed E-state index contributed by atoms with van der Waals surface area (Å²) in [7, 11) is 1.36. The molecule has 0 unspecified atom stereocenters. The fraction of sp³-hybridized carbons (Fsp3) is 0.264. The van der Waals surface area contributed by atoms with Crippen LogP contribution in [0.4, 0.5) is 10.5 Å². The quantitative estimate of drug-likeness (QED) is 0.0321. The van der Waals surface area contributed by atoms with Gasteiger partial charge in [0.15, 0.2) is 0 Å². The standard InChI is InChI=1S/C53H58N8O8/c1-35-18-12-14-26-41(35)60-53(68)55-29-17-16-28-43(57-51(66)44(58-49(64)38-23-10-5-11-24-38)31-39-33-56-42-27-15-13-25-40(39)42)50(65)59-45(32-47(62)69-34-37-21-8-4-9-22-37)52(67)61(2)46(48(54)63)30-36-19-6-3-7-20-36/h3-15,18-27,33,43-46,56H,16-17,28-32,34H2,1-2H3,(H2,54,63)(H,57,66)(H,58,64)(H,59,65)(H2,55,60,68)/t43-,44-,45-,46-/m0/s1. The molecule has 0 aliphatic carbocycles. The van der Waals surface area contributed by atoms with E-state index in [0.717, 1.165) is 32.5 Å². The number of ether oxygens (including phenoxy) is 1. The Labute approximate surface area is 400 Å². The molecule has 0 bridgehead atoms. The van der Waals surface area contributed by atoms with Crippen molar-refractivity contribution in [3.63, 3.8) is 0 Å². The van der Waals surface area contributed by atoms with Gasteiger partial charge in [0.05, 0.1) is 6.42 Å². The van der Waals surface area contributed by atoms with Gasteiger partial charge in [0.25, 0.3) is 5.91 Å². The number of esters is 1. The van der Waals surface area contributed by atoms with Crippen molar-refractivity contribution >= 4 is 58.1 Å². The number of primary amides is 1. The van der Waals surface area contributed by atoms with Crippen molar-refractivity contribution in [2.75, 3.05) is 18.9 Å². The maximum Gasteiger partial charge on any atom is 0.319 e. The number of aryl methyl sites for hydroxylation is 1. The number of nitrogens with one attached hydrogen (secondary N) is 6. The number of urea groups is 1. The SMILES string of the molecule is Cc1ccccc1NC(=O)NCCCC[C@H](NC(=O)[C@H](Cc1c[nH]c2ccccc12)NC(=O)c1ccccc1)C(=O)N[C@@H](CC(=O)OCc1ccccc1)C(=O)N(C)[C@@H](Cc1ccccc1)C(N)=O. The number of amides is 7. The number of likely N-dealkylation sites (N-methyl/N-ethyl adjacent to an activating group) is 1. The molecule has 358 valence electrons. The van der Waals surface area contributed by atoms with E-state index in [4.69, 9.17) is 10.5 Å². The number of rotatable bonds is 23. The molecule has 0 fully saturated rings. The number of carbonyl (C=O) groups is 7. The Morgan fingerprint density at radius 1 is 0.667 bits per heavy atom. The van der Waals surface area contributed by atoms with Crippen LogP contribution in [0, 0.1) is 6.92 Å². The third kappa shape index (κ3) is 14.9. The minimum Gasteiger partial charge on any atom is -0.461 e. The predicted molar refractivity (Wildman–Crippen MR) is 262 cm³/mol. The minimum atomic E-state index is -1.57. The summed E-state index contributed by atoms with van der Waals surface area (Å²) in [6.07, 6.45) is 1.91. The van der Waals surface area contributed by atoms with Gasteiger partial charge in [0.1, 0.15) is 30.8 Å². The molecule has 5 aromatic carbocycles. The fourth-order valence-corrected chi connectivity index (χ4v) is 7.76. The number of nitrogens with two attached hydrogens (primary N) is 1. The van der Waals surface area contributed by atoms with Crippen molar-refractivity contribution in [1.29, 1.82) is 0 Å². The molecular weight excluding hydrogens is 877 g/mol. The van der Waals surface area contributed by atoms with Gasteiger partial charge in [-0.15, -0.1) is 0 Å². The summed E-state index contributed by atoms with van der Waals surface area (Å²) in [5.41, 5.74) is 10.7. The van der Waals surface area contributed by atoms with E-state index in [1.165, 1.54) is 7.05 Å². The summed E-state index contributed by atoms with van der Waals surface area (Å²) < 4.78 is 5.53. The van der Waals surface area contributed by atoms with E-state index in [1.807, 2.05) is 55.5 Å². The first kappa shape index (κ1) is 50.1. The van der Waals surface area contributed by atoms with Crippen molar-refractivity contribution in [3.8, 4) is 0 Å². The van der Waals surface area contributed by atoms with Gasteiger partial charge in [-0.3, -0.25) is 28.8 Å². The molecule has 6 aromatic rings. The molecule has 69 heavy (non-hydrogen) atoms. The second-order valence-corrected chi connectivity index (χ2v) is 16.7. The molecule has 0 spiro atoms. The Morgan fingerprint density at radius 2 is 1.28 bits per heavy atom. The highest BCUT2D eigenvalue weighted by molar-refractivity contribution is 6.00. The minimum absolute atomic E-state index is 0.0121. The van der Waals surface area contributed by atoms with Crippen LogP contribution in [0.25, 0.3) is 10.9 Å². The summed E-state index contributed by atoms with van der Waals surface area (Å²) in [5.74, 6) is -4.47. The molecule has 1 aromatic heterocycles. The zero-order valence-corrected chi connectivity index (χ0v) is 38.6. The van der Waals surface area contributed by atoms with Gasteiger partial charge in [-0.25, -0.2) is 4.79 Å². The molecule has 6 rings (SSSR count).